The van der Waals surface area contributed by atoms with Crippen molar-refractivity contribution in [1.29, 1.82) is 0 Å². The van der Waals surface area contributed by atoms with Gasteiger partial charge in [0.2, 0.25) is 0 Å². The van der Waals surface area contributed by atoms with Crippen LogP contribution in [0.15, 0.2) is 48.5 Å². The van der Waals surface area contributed by atoms with Gasteiger partial charge in [-0.2, -0.15) is 0 Å². The van der Waals surface area contributed by atoms with Crippen LogP contribution in [0.4, 0.5) is 0 Å². The van der Waals surface area contributed by atoms with Gasteiger partial charge in [-0.25, -0.2) is 4.98 Å². The molecular formula is C28H24ClNO3S. The Morgan fingerprint density at radius 1 is 1.12 bits per heavy atom. The highest BCUT2D eigenvalue weighted by molar-refractivity contribution is 7.11. The predicted octanol–water partition coefficient (Wildman–Crippen LogP) is 6.43. The molecule has 0 radical (unpaired) electrons. The first-order chi connectivity index (χ1) is 16.0. The molecule has 4 rings (SSSR count). The van der Waals surface area contributed by atoms with E-state index in [2.05, 4.69) is 16.8 Å². The topological polar surface area (TPSA) is 70.4 Å². The lowest BCUT2D eigenvalue weighted by Gasteiger charge is -2.17. The van der Waals surface area contributed by atoms with Crippen molar-refractivity contribution in [2.75, 3.05) is 0 Å². The van der Waals surface area contributed by atoms with Crippen LogP contribution in [-0.4, -0.2) is 21.2 Å². The number of aryl methyl sites for hydroxylation is 3. The van der Waals surface area contributed by atoms with Crippen molar-refractivity contribution in [1.82, 2.24) is 4.98 Å². The average Bonchev–Trinajstić information content (AvgIpc) is 3.12. The molecule has 0 saturated carbocycles. The number of aliphatic carboxylic acids is 1. The normalized spacial score (nSPS) is 12.8. The van der Waals surface area contributed by atoms with Crippen LogP contribution in [0.3, 0.4) is 0 Å². The van der Waals surface area contributed by atoms with E-state index in [0.717, 1.165) is 54.2 Å². The molecule has 34 heavy (non-hydrogen) atoms. The molecule has 1 aromatic heterocycles. The van der Waals surface area contributed by atoms with Crippen molar-refractivity contribution < 1.29 is 15.0 Å². The molecule has 0 amide bonds. The number of nitrogens with zero attached hydrogens (tertiary/aromatic N) is 1. The molecule has 2 N–H and O–H groups in total. The molecule has 4 nitrogen and oxygen atoms in total. The fraction of sp³-hybridized carbons (Fsp3) is 0.214. The van der Waals surface area contributed by atoms with Gasteiger partial charge in [-0.15, -0.1) is 11.3 Å². The Morgan fingerprint density at radius 2 is 1.82 bits per heavy atom. The third kappa shape index (κ3) is 4.85. The number of aliphatic hydroxyl groups is 1. The quantitative estimate of drug-likeness (QED) is 0.324. The summed E-state index contributed by atoms with van der Waals surface area (Å²) in [5, 5.41) is 24.0. The van der Waals surface area contributed by atoms with Crippen molar-refractivity contribution in [2.45, 2.75) is 39.7 Å². The van der Waals surface area contributed by atoms with E-state index >= 15 is 0 Å². The van der Waals surface area contributed by atoms with Crippen LogP contribution < -0.4 is 0 Å². The second kappa shape index (κ2) is 9.23. The van der Waals surface area contributed by atoms with Crippen molar-refractivity contribution in [3.63, 3.8) is 0 Å². The summed E-state index contributed by atoms with van der Waals surface area (Å²) in [4.78, 5) is 16.8. The highest BCUT2D eigenvalue weighted by Gasteiger charge is 2.25. The molecule has 172 valence electrons. The molecule has 0 aliphatic carbocycles. The van der Waals surface area contributed by atoms with E-state index in [0.29, 0.717) is 5.02 Å². The van der Waals surface area contributed by atoms with Crippen molar-refractivity contribution in [3.05, 3.63) is 85.8 Å². The molecule has 4 aromatic rings. The number of carboxylic acid groups (broad SMARTS) is 1. The van der Waals surface area contributed by atoms with Gasteiger partial charge in [-0.05, 0) is 85.0 Å². The highest BCUT2D eigenvalue weighted by Crippen LogP contribution is 2.36. The lowest BCUT2D eigenvalue weighted by molar-refractivity contribution is -0.136. The second-order valence-corrected chi connectivity index (χ2v) is 10.2. The first kappa shape index (κ1) is 24.0. The zero-order valence-electron chi connectivity index (χ0n) is 19.4. The Morgan fingerprint density at radius 3 is 2.44 bits per heavy atom. The molecule has 1 heterocycles. The smallest absolute Gasteiger partial charge is 0.307 e. The standard InChI is InChI=1S/C28H24ClNO3S/c1-16-13-21-6-5-19(11-12-28(4,33)27-17(2)30-18(3)34-27)14-24(21)26(23(16)15-25(31)32)20-7-9-22(29)10-8-20/h5-10,13-14,33H,15H2,1-4H3,(H,31,32). The van der Waals surface area contributed by atoms with Gasteiger partial charge in [-0.3, -0.25) is 4.79 Å². The minimum absolute atomic E-state index is 0.0889. The predicted molar refractivity (Wildman–Crippen MR) is 139 cm³/mol. The van der Waals surface area contributed by atoms with E-state index < -0.39 is 11.6 Å². The molecule has 0 aliphatic heterocycles. The molecule has 0 spiro atoms. The molecular weight excluding hydrogens is 466 g/mol. The van der Waals surface area contributed by atoms with Crippen molar-refractivity contribution in [2.24, 2.45) is 0 Å². The zero-order chi connectivity index (χ0) is 24.6. The average molecular weight is 490 g/mol. The zero-order valence-corrected chi connectivity index (χ0v) is 20.9. The van der Waals surface area contributed by atoms with Crippen LogP contribution in [0.2, 0.25) is 5.02 Å². The molecule has 1 atom stereocenters. The molecule has 0 fully saturated rings. The molecule has 1 unspecified atom stereocenters. The summed E-state index contributed by atoms with van der Waals surface area (Å²) in [5.74, 6) is 5.23. The highest BCUT2D eigenvalue weighted by atomic mass is 35.5. The second-order valence-electron chi connectivity index (χ2n) is 8.53. The number of carboxylic acids is 1. The summed E-state index contributed by atoms with van der Waals surface area (Å²) in [5.41, 5.74) is 3.60. The van der Waals surface area contributed by atoms with Crippen molar-refractivity contribution in [3.8, 4) is 23.0 Å². The number of benzene rings is 3. The number of fused-ring (bicyclic) bond motifs is 1. The lowest BCUT2D eigenvalue weighted by Crippen LogP contribution is -2.18. The van der Waals surface area contributed by atoms with Crippen LogP contribution in [0.5, 0.6) is 0 Å². The van der Waals surface area contributed by atoms with Gasteiger partial charge < -0.3 is 10.2 Å². The number of aromatic nitrogens is 1. The number of rotatable bonds is 4. The number of halogens is 1. The maximum atomic E-state index is 11.7. The Kier molecular flexibility index (Phi) is 6.51. The van der Waals surface area contributed by atoms with Gasteiger partial charge in [0.1, 0.15) is 0 Å². The van der Waals surface area contributed by atoms with Crippen molar-refractivity contribution >= 4 is 39.7 Å². The lowest BCUT2D eigenvalue weighted by atomic mass is 9.88. The van der Waals surface area contributed by atoms with Crippen LogP contribution >= 0.6 is 22.9 Å². The van der Waals surface area contributed by atoms with E-state index in [1.165, 1.54) is 11.3 Å². The van der Waals surface area contributed by atoms with Gasteiger partial charge in [0, 0.05) is 10.6 Å². The minimum atomic E-state index is -1.33. The molecule has 3 aromatic carbocycles. The summed E-state index contributed by atoms with van der Waals surface area (Å²) in [7, 11) is 0. The molecule has 0 bridgehead atoms. The number of thiazole rings is 1. The van der Waals surface area contributed by atoms with E-state index in [1.807, 2.05) is 57.2 Å². The van der Waals surface area contributed by atoms with Crippen LogP contribution in [0.1, 0.15) is 39.2 Å². The maximum absolute atomic E-state index is 11.7. The van der Waals surface area contributed by atoms with E-state index in [1.54, 1.807) is 19.1 Å². The van der Waals surface area contributed by atoms with Gasteiger partial charge in [0.05, 0.1) is 22.0 Å². The van der Waals surface area contributed by atoms with E-state index in [4.69, 9.17) is 11.6 Å². The Bertz CT molecular complexity index is 1470. The van der Waals surface area contributed by atoms with E-state index in [-0.39, 0.29) is 6.42 Å². The van der Waals surface area contributed by atoms with Gasteiger partial charge in [0.15, 0.2) is 5.60 Å². The number of hydrogen-bond donors (Lipinski definition) is 2. The van der Waals surface area contributed by atoms with Crippen LogP contribution in [0, 0.1) is 32.6 Å². The summed E-state index contributed by atoms with van der Waals surface area (Å²) in [6.07, 6.45) is -0.0889. The van der Waals surface area contributed by atoms with Crippen LogP contribution in [-0.2, 0) is 16.8 Å². The monoisotopic (exact) mass is 489 g/mol. The molecule has 0 aliphatic rings. The third-order valence-electron chi connectivity index (χ3n) is 5.73. The Hall–Kier alpha value is -3.17. The number of carbonyl (C=O) groups is 1. The Labute approximate surface area is 207 Å². The Balaban J connectivity index is 1.89. The summed E-state index contributed by atoms with van der Waals surface area (Å²) < 4.78 is 0. The maximum Gasteiger partial charge on any atom is 0.307 e. The van der Waals surface area contributed by atoms with Crippen LogP contribution in [0.25, 0.3) is 21.9 Å². The summed E-state index contributed by atoms with van der Waals surface area (Å²) in [6, 6.07) is 15.3. The largest absolute Gasteiger partial charge is 0.481 e. The van der Waals surface area contributed by atoms with Gasteiger partial charge >= 0.3 is 5.97 Å². The van der Waals surface area contributed by atoms with E-state index in [9.17, 15) is 15.0 Å². The van der Waals surface area contributed by atoms with Gasteiger partial charge in [0.25, 0.3) is 0 Å². The first-order valence-electron chi connectivity index (χ1n) is 10.8. The molecule has 0 saturated heterocycles. The van der Waals surface area contributed by atoms with Gasteiger partial charge in [-0.1, -0.05) is 47.7 Å². The fourth-order valence-corrected chi connectivity index (χ4v) is 5.26. The SMILES string of the molecule is Cc1nc(C)c(C(C)(O)C#Cc2ccc3cc(C)c(CC(=O)O)c(-c4ccc(Cl)cc4)c3c2)s1. The summed E-state index contributed by atoms with van der Waals surface area (Å²) in [6.45, 7) is 7.38. The first-order valence-corrected chi connectivity index (χ1v) is 12.0. The fourth-order valence-electron chi connectivity index (χ4n) is 4.22. The number of hydrogen-bond acceptors (Lipinski definition) is 4. The molecule has 6 heteroatoms. The minimum Gasteiger partial charge on any atom is -0.481 e. The summed E-state index contributed by atoms with van der Waals surface area (Å²) >= 11 is 7.54. The third-order valence-corrected chi connectivity index (χ3v) is 7.26.